The number of anilines is 1. The SMILES string of the molecule is CC(C)c1ccnc2c1N=CCN2. The van der Waals surface area contributed by atoms with E-state index in [1.54, 1.807) is 0 Å². The van der Waals surface area contributed by atoms with E-state index in [0.717, 1.165) is 18.1 Å². The second-order valence-electron chi connectivity index (χ2n) is 3.44. The van der Waals surface area contributed by atoms with E-state index in [0.29, 0.717) is 5.92 Å². The zero-order valence-electron chi connectivity index (χ0n) is 7.91. The van der Waals surface area contributed by atoms with Crippen molar-refractivity contribution < 1.29 is 0 Å². The minimum absolute atomic E-state index is 0.494. The molecule has 0 bridgehead atoms. The summed E-state index contributed by atoms with van der Waals surface area (Å²) in [6, 6.07) is 2.04. The maximum Gasteiger partial charge on any atom is 0.152 e. The number of fused-ring (bicyclic) bond motifs is 1. The highest BCUT2D eigenvalue weighted by atomic mass is 15.0. The van der Waals surface area contributed by atoms with E-state index in [1.807, 2.05) is 18.5 Å². The number of nitrogens with zero attached hydrogens (tertiary/aromatic N) is 2. The summed E-state index contributed by atoms with van der Waals surface area (Å²) in [6.45, 7) is 5.11. The van der Waals surface area contributed by atoms with Gasteiger partial charge in [-0.15, -0.1) is 0 Å². The van der Waals surface area contributed by atoms with Crippen LogP contribution in [0.15, 0.2) is 17.3 Å². The fourth-order valence-electron chi connectivity index (χ4n) is 1.48. The molecule has 0 radical (unpaired) electrons. The highest BCUT2D eigenvalue weighted by Gasteiger charge is 2.12. The van der Waals surface area contributed by atoms with Gasteiger partial charge in [0.1, 0.15) is 5.69 Å². The van der Waals surface area contributed by atoms with Crippen LogP contribution in [0.2, 0.25) is 0 Å². The number of hydrogen-bond acceptors (Lipinski definition) is 3. The molecule has 68 valence electrons. The Balaban J connectivity index is 2.54. The third-order valence-corrected chi connectivity index (χ3v) is 2.16. The molecule has 1 aromatic heterocycles. The zero-order chi connectivity index (χ0) is 9.26. The zero-order valence-corrected chi connectivity index (χ0v) is 7.91. The van der Waals surface area contributed by atoms with Gasteiger partial charge < -0.3 is 5.32 Å². The number of aliphatic imine (C=N–C) groups is 1. The molecule has 3 heteroatoms. The minimum Gasteiger partial charge on any atom is -0.363 e. The fourth-order valence-corrected chi connectivity index (χ4v) is 1.48. The Bertz CT molecular complexity index is 342. The first-order chi connectivity index (χ1) is 6.29. The van der Waals surface area contributed by atoms with E-state index in [9.17, 15) is 0 Å². The van der Waals surface area contributed by atoms with Crippen LogP contribution in [0, 0.1) is 0 Å². The molecule has 0 aromatic carbocycles. The summed E-state index contributed by atoms with van der Waals surface area (Å²) in [7, 11) is 0. The van der Waals surface area contributed by atoms with Crippen molar-refractivity contribution in [1.82, 2.24) is 4.98 Å². The number of rotatable bonds is 1. The number of nitrogens with one attached hydrogen (secondary N) is 1. The van der Waals surface area contributed by atoms with Crippen LogP contribution in [-0.2, 0) is 0 Å². The van der Waals surface area contributed by atoms with Crippen LogP contribution in [0.5, 0.6) is 0 Å². The number of aromatic nitrogens is 1. The molecule has 0 saturated carbocycles. The molecule has 0 atom stereocenters. The summed E-state index contributed by atoms with van der Waals surface area (Å²) < 4.78 is 0. The Morgan fingerprint density at radius 1 is 1.46 bits per heavy atom. The van der Waals surface area contributed by atoms with E-state index < -0.39 is 0 Å². The lowest BCUT2D eigenvalue weighted by atomic mass is 10.0. The predicted molar refractivity (Wildman–Crippen MR) is 55.0 cm³/mol. The van der Waals surface area contributed by atoms with Gasteiger partial charge in [0, 0.05) is 12.4 Å². The van der Waals surface area contributed by atoms with Gasteiger partial charge in [0.2, 0.25) is 0 Å². The van der Waals surface area contributed by atoms with Crippen LogP contribution in [0.4, 0.5) is 11.5 Å². The fraction of sp³-hybridized carbons (Fsp3) is 0.400. The van der Waals surface area contributed by atoms with Crippen LogP contribution >= 0.6 is 0 Å². The molecule has 0 spiro atoms. The van der Waals surface area contributed by atoms with Crippen molar-refractivity contribution in [1.29, 1.82) is 0 Å². The lowest BCUT2D eigenvalue weighted by Crippen LogP contribution is -2.09. The summed E-state index contributed by atoms with van der Waals surface area (Å²) in [5.74, 6) is 1.41. The molecule has 13 heavy (non-hydrogen) atoms. The third kappa shape index (κ3) is 1.41. The van der Waals surface area contributed by atoms with Crippen molar-refractivity contribution in [2.24, 2.45) is 4.99 Å². The monoisotopic (exact) mass is 175 g/mol. The molecule has 3 nitrogen and oxygen atoms in total. The van der Waals surface area contributed by atoms with Gasteiger partial charge in [-0.05, 0) is 17.5 Å². The van der Waals surface area contributed by atoms with Crippen LogP contribution < -0.4 is 5.32 Å². The normalized spacial score (nSPS) is 14.1. The van der Waals surface area contributed by atoms with Crippen molar-refractivity contribution in [2.75, 3.05) is 11.9 Å². The van der Waals surface area contributed by atoms with Crippen molar-refractivity contribution in [3.05, 3.63) is 17.8 Å². The summed E-state index contributed by atoms with van der Waals surface area (Å²) in [6.07, 6.45) is 3.72. The second kappa shape index (κ2) is 3.17. The average molecular weight is 175 g/mol. The summed E-state index contributed by atoms with van der Waals surface area (Å²) in [5.41, 5.74) is 2.26. The van der Waals surface area contributed by atoms with Gasteiger partial charge in [0.25, 0.3) is 0 Å². The first-order valence-electron chi connectivity index (χ1n) is 4.54. The van der Waals surface area contributed by atoms with Crippen molar-refractivity contribution >= 4 is 17.7 Å². The molecule has 2 heterocycles. The quantitative estimate of drug-likeness (QED) is 0.711. The van der Waals surface area contributed by atoms with E-state index in [4.69, 9.17) is 0 Å². The predicted octanol–water partition coefficient (Wildman–Crippen LogP) is 2.33. The molecule has 0 aliphatic carbocycles. The van der Waals surface area contributed by atoms with Crippen molar-refractivity contribution in [3.63, 3.8) is 0 Å². The van der Waals surface area contributed by atoms with E-state index in [1.165, 1.54) is 5.56 Å². The molecule has 1 aliphatic rings. The third-order valence-electron chi connectivity index (χ3n) is 2.16. The van der Waals surface area contributed by atoms with Crippen molar-refractivity contribution in [3.8, 4) is 0 Å². The Morgan fingerprint density at radius 3 is 3.08 bits per heavy atom. The van der Waals surface area contributed by atoms with Gasteiger partial charge in [-0.1, -0.05) is 13.8 Å². The Hall–Kier alpha value is -1.38. The molecule has 0 unspecified atom stereocenters. The molecule has 0 saturated heterocycles. The highest BCUT2D eigenvalue weighted by molar-refractivity contribution is 5.80. The van der Waals surface area contributed by atoms with Gasteiger partial charge in [0.15, 0.2) is 5.82 Å². The largest absolute Gasteiger partial charge is 0.363 e. The molecule has 1 N–H and O–H groups in total. The van der Waals surface area contributed by atoms with Gasteiger partial charge in [0.05, 0.1) is 6.54 Å². The van der Waals surface area contributed by atoms with E-state index in [-0.39, 0.29) is 0 Å². The summed E-state index contributed by atoms with van der Waals surface area (Å²) in [5, 5.41) is 3.20. The Labute approximate surface area is 77.9 Å². The molecule has 0 fully saturated rings. The molecule has 2 rings (SSSR count). The number of hydrogen-bond donors (Lipinski definition) is 1. The maximum absolute atomic E-state index is 4.36. The summed E-state index contributed by atoms with van der Waals surface area (Å²) >= 11 is 0. The lowest BCUT2D eigenvalue weighted by molar-refractivity contribution is 0.862. The molecule has 1 aromatic rings. The minimum atomic E-state index is 0.494. The highest BCUT2D eigenvalue weighted by Crippen LogP contribution is 2.33. The van der Waals surface area contributed by atoms with E-state index in [2.05, 4.69) is 29.1 Å². The van der Waals surface area contributed by atoms with E-state index >= 15 is 0 Å². The van der Waals surface area contributed by atoms with Crippen molar-refractivity contribution in [2.45, 2.75) is 19.8 Å². The first kappa shape index (κ1) is 8.23. The molecular weight excluding hydrogens is 162 g/mol. The van der Waals surface area contributed by atoms with Gasteiger partial charge >= 0.3 is 0 Å². The Morgan fingerprint density at radius 2 is 2.31 bits per heavy atom. The summed E-state index contributed by atoms with van der Waals surface area (Å²) in [4.78, 5) is 8.60. The average Bonchev–Trinajstić information content (AvgIpc) is 2.17. The molecule has 0 amide bonds. The Kier molecular flexibility index (Phi) is 2.00. The van der Waals surface area contributed by atoms with Crippen LogP contribution in [0.1, 0.15) is 25.3 Å². The topological polar surface area (TPSA) is 37.3 Å². The number of pyridine rings is 1. The van der Waals surface area contributed by atoms with Gasteiger partial charge in [-0.3, -0.25) is 4.99 Å². The second-order valence-corrected chi connectivity index (χ2v) is 3.44. The maximum atomic E-state index is 4.36. The first-order valence-corrected chi connectivity index (χ1v) is 4.54. The molecule has 1 aliphatic heterocycles. The van der Waals surface area contributed by atoms with Crippen LogP contribution in [-0.4, -0.2) is 17.7 Å². The lowest BCUT2D eigenvalue weighted by Gasteiger charge is -2.16. The van der Waals surface area contributed by atoms with Gasteiger partial charge in [-0.2, -0.15) is 0 Å². The standard InChI is InChI=1S/C10H13N3/c1-7(2)8-3-4-12-10-9(8)11-5-6-13-10/h3-5,7H,6H2,1-2H3,(H,12,13). The smallest absolute Gasteiger partial charge is 0.152 e. The van der Waals surface area contributed by atoms with Gasteiger partial charge in [-0.25, -0.2) is 4.98 Å². The van der Waals surface area contributed by atoms with Crippen LogP contribution in [0.3, 0.4) is 0 Å². The molecular formula is C10H13N3. The van der Waals surface area contributed by atoms with Crippen LogP contribution in [0.25, 0.3) is 0 Å².